The molecule has 0 radical (unpaired) electrons. The number of carbonyl (C=O) groups excluding carboxylic acids is 4. The molecule has 4 rings (SSSR count). The van der Waals surface area contributed by atoms with Crippen LogP contribution < -0.4 is 5.32 Å². The third-order valence-corrected chi connectivity index (χ3v) is 10.4. The number of rotatable bonds is 9. The van der Waals surface area contributed by atoms with Crippen LogP contribution in [0.25, 0.3) is 0 Å². The molecule has 4 aliphatic heterocycles. The van der Waals surface area contributed by atoms with Crippen molar-refractivity contribution in [3.8, 4) is 0 Å². The minimum atomic E-state index is -0.653. The van der Waals surface area contributed by atoms with Gasteiger partial charge in [0, 0.05) is 39.3 Å². The molecule has 10 nitrogen and oxygen atoms in total. The molecule has 0 saturated carbocycles. The van der Waals surface area contributed by atoms with E-state index in [2.05, 4.69) is 29.0 Å². The fourth-order valence-electron chi connectivity index (χ4n) is 7.63. The first kappa shape index (κ1) is 33.7. The van der Waals surface area contributed by atoms with Crippen molar-refractivity contribution in [2.24, 2.45) is 11.3 Å². The van der Waals surface area contributed by atoms with Gasteiger partial charge in [-0.3, -0.25) is 29.0 Å². The Labute approximate surface area is 259 Å². The predicted molar refractivity (Wildman–Crippen MR) is 168 cm³/mol. The first-order valence-corrected chi connectivity index (χ1v) is 16.9. The highest BCUT2D eigenvalue weighted by molar-refractivity contribution is 5.91. The molecule has 0 aromatic rings. The van der Waals surface area contributed by atoms with E-state index in [4.69, 9.17) is 0 Å². The minimum Gasteiger partial charge on any atom is -0.342 e. The molecular formula is C33H58N6O4. The van der Waals surface area contributed by atoms with Crippen LogP contribution in [0.1, 0.15) is 92.4 Å². The average molecular weight is 603 g/mol. The number of nitrogens with zero attached hydrogens (tertiary/aromatic N) is 5. The monoisotopic (exact) mass is 602 g/mol. The first-order valence-electron chi connectivity index (χ1n) is 16.9. The number of nitrogens with one attached hydrogen (secondary N) is 1. The molecule has 4 amide bonds. The van der Waals surface area contributed by atoms with Crippen LogP contribution in [-0.4, -0.2) is 132 Å². The number of hydrogen-bond acceptors (Lipinski definition) is 6. The summed E-state index contributed by atoms with van der Waals surface area (Å²) in [4.78, 5) is 64.7. The Bertz CT molecular complexity index is 1010. The largest absolute Gasteiger partial charge is 0.342 e. The van der Waals surface area contributed by atoms with Crippen LogP contribution in [0.2, 0.25) is 0 Å². The molecule has 4 aliphatic rings. The summed E-state index contributed by atoms with van der Waals surface area (Å²) in [5.41, 5.74) is -0.464. The van der Waals surface area contributed by atoms with Crippen molar-refractivity contribution < 1.29 is 19.2 Å². The lowest BCUT2D eigenvalue weighted by Crippen LogP contribution is -2.61. The van der Waals surface area contributed by atoms with Crippen LogP contribution in [0.3, 0.4) is 0 Å². The maximum Gasteiger partial charge on any atom is 0.245 e. The normalized spacial score (nSPS) is 27.0. The van der Waals surface area contributed by atoms with Gasteiger partial charge in [0.05, 0.1) is 12.1 Å². The average Bonchev–Trinajstić information content (AvgIpc) is 3.75. The Morgan fingerprint density at radius 3 is 2.02 bits per heavy atom. The Hall–Kier alpha value is -2.20. The summed E-state index contributed by atoms with van der Waals surface area (Å²) >= 11 is 0. The van der Waals surface area contributed by atoms with Crippen LogP contribution in [0.15, 0.2) is 0 Å². The van der Waals surface area contributed by atoms with Gasteiger partial charge >= 0.3 is 0 Å². The third-order valence-electron chi connectivity index (χ3n) is 10.4. The van der Waals surface area contributed by atoms with Crippen molar-refractivity contribution in [3.05, 3.63) is 0 Å². The zero-order chi connectivity index (χ0) is 31.5. The Balaban J connectivity index is 1.45. The van der Waals surface area contributed by atoms with Gasteiger partial charge in [-0.1, -0.05) is 41.0 Å². The van der Waals surface area contributed by atoms with Gasteiger partial charge in [0.1, 0.15) is 12.1 Å². The number of amides is 4. The number of likely N-dealkylation sites (tertiary alicyclic amines) is 4. The van der Waals surface area contributed by atoms with Crippen molar-refractivity contribution >= 4 is 23.6 Å². The summed E-state index contributed by atoms with van der Waals surface area (Å²) in [7, 11) is 3.83. The molecule has 244 valence electrons. The van der Waals surface area contributed by atoms with Crippen LogP contribution in [0.4, 0.5) is 0 Å². The molecular weight excluding hydrogens is 544 g/mol. The highest BCUT2D eigenvalue weighted by Gasteiger charge is 2.44. The summed E-state index contributed by atoms with van der Waals surface area (Å²) in [6, 6.07) is -1.59. The molecule has 4 fully saturated rings. The standard InChI is InChI=1S/C33H58N6O4/c1-23(2)27(36(7)32(43)28(33(3,4)5)34-29(40)24-14-8-9-17-35(24)6)22-38-20-12-15-25(38)31(42)39-21-13-16-26(39)30(41)37-18-10-11-19-37/h23-28H,8-22H2,1-7H3,(H,34,40)/t24?,25-,26?,27+,28+/m0/s1. The van der Waals surface area contributed by atoms with Gasteiger partial charge in [-0.05, 0) is 82.8 Å². The minimum absolute atomic E-state index is 0.0699. The predicted octanol–water partition coefficient (Wildman–Crippen LogP) is 2.56. The van der Waals surface area contributed by atoms with E-state index >= 15 is 0 Å². The topological polar surface area (TPSA) is 96.5 Å². The van der Waals surface area contributed by atoms with Crippen LogP contribution in [-0.2, 0) is 19.2 Å². The van der Waals surface area contributed by atoms with Crippen molar-refractivity contribution in [1.29, 1.82) is 0 Å². The van der Waals surface area contributed by atoms with E-state index in [0.717, 1.165) is 84.0 Å². The van der Waals surface area contributed by atoms with Crippen molar-refractivity contribution in [3.63, 3.8) is 0 Å². The quantitative estimate of drug-likeness (QED) is 0.436. The third kappa shape index (κ3) is 7.72. The molecule has 0 aliphatic carbocycles. The van der Waals surface area contributed by atoms with Gasteiger partial charge in [-0.25, -0.2) is 0 Å². The second kappa shape index (κ2) is 14.3. The molecule has 4 heterocycles. The first-order chi connectivity index (χ1) is 20.3. The van der Waals surface area contributed by atoms with Gasteiger partial charge in [-0.2, -0.15) is 0 Å². The smallest absolute Gasteiger partial charge is 0.245 e. The van der Waals surface area contributed by atoms with Crippen LogP contribution in [0, 0.1) is 11.3 Å². The number of likely N-dealkylation sites (N-methyl/N-ethyl adjacent to an activating group) is 2. The van der Waals surface area contributed by atoms with E-state index < -0.39 is 11.5 Å². The number of piperidine rings is 1. The molecule has 1 N–H and O–H groups in total. The zero-order valence-electron chi connectivity index (χ0n) is 27.9. The van der Waals surface area contributed by atoms with Gasteiger partial charge in [0.25, 0.3) is 0 Å². The molecule has 0 aromatic heterocycles. The Morgan fingerprint density at radius 1 is 0.791 bits per heavy atom. The summed E-state index contributed by atoms with van der Waals surface area (Å²) in [6.07, 6.45) is 8.32. The molecule has 0 aromatic carbocycles. The summed E-state index contributed by atoms with van der Waals surface area (Å²) < 4.78 is 0. The van der Waals surface area contributed by atoms with Gasteiger partial charge < -0.3 is 20.0 Å². The van der Waals surface area contributed by atoms with Gasteiger partial charge in [-0.15, -0.1) is 0 Å². The van der Waals surface area contributed by atoms with Crippen molar-refractivity contribution in [1.82, 2.24) is 29.8 Å². The van der Waals surface area contributed by atoms with Crippen molar-refractivity contribution in [2.45, 2.75) is 123 Å². The van der Waals surface area contributed by atoms with E-state index in [-0.39, 0.29) is 53.7 Å². The molecule has 2 unspecified atom stereocenters. The van der Waals surface area contributed by atoms with Gasteiger partial charge in [0.2, 0.25) is 23.6 Å². The van der Waals surface area contributed by atoms with Crippen LogP contribution >= 0.6 is 0 Å². The molecule has 0 spiro atoms. The molecule has 43 heavy (non-hydrogen) atoms. The molecule has 4 saturated heterocycles. The van der Waals surface area contributed by atoms with E-state index in [1.54, 1.807) is 0 Å². The molecule has 10 heteroatoms. The lowest BCUT2D eigenvalue weighted by Gasteiger charge is -2.41. The zero-order valence-corrected chi connectivity index (χ0v) is 27.9. The Kier molecular flexibility index (Phi) is 11.2. The lowest BCUT2D eigenvalue weighted by atomic mass is 9.84. The van der Waals surface area contributed by atoms with E-state index in [0.29, 0.717) is 13.1 Å². The van der Waals surface area contributed by atoms with Crippen LogP contribution in [0.5, 0.6) is 0 Å². The number of carbonyl (C=O) groups is 4. The van der Waals surface area contributed by atoms with E-state index in [1.807, 2.05) is 49.6 Å². The fourth-order valence-corrected chi connectivity index (χ4v) is 7.63. The summed E-state index contributed by atoms with van der Waals surface area (Å²) in [5, 5.41) is 3.15. The lowest BCUT2D eigenvalue weighted by molar-refractivity contribution is -0.146. The second-order valence-electron chi connectivity index (χ2n) is 14.9. The van der Waals surface area contributed by atoms with Gasteiger partial charge in [0.15, 0.2) is 0 Å². The molecule has 5 atom stereocenters. The maximum absolute atomic E-state index is 14.1. The molecule has 0 bridgehead atoms. The van der Waals surface area contributed by atoms with Crippen molar-refractivity contribution in [2.75, 3.05) is 53.4 Å². The second-order valence-corrected chi connectivity index (χ2v) is 14.9. The van der Waals surface area contributed by atoms with E-state index in [1.165, 1.54) is 0 Å². The Morgan fingerprint density at radius 2 is 1.40 bits per heavy atom. The van der Waals surface area contributed by atoms with E-state index in [9.17, 15) is 19.2 Å². The highest BCUT2D eigenvalue weighted by Crippen LogP contribution is 2.29. The maximum atomic E-state index is 14.1. The summed E-state index contributed by atoms with van der Waals surface area (Å²) in [6.45, 7) is 14.8. The SMILES string of the molecule is CC(C)[C@@H](CN1CCC[C@H]1C(=O)N1CCCC1C(=O)N1CCCC1)N(C)C(=O)[C@@H](NC(=O)C1CCCCN1C)C(C)(C)C. The highest BCUT2D eigenvalue weighted by atomic mass is 16.2. The fraction of sp³-hybridized carbons (Fsp3) is 0.879. The summed E-state index contributed by atoms with van der Waals surface area (Å²) in [5.74, 6) is 0.186. The number of hydrogen-bond donors (Lipinski definition) is 1.